The van der Waals surface area contributed by atoms with Crippen molar-refractivity contribution in [2.45, 2.75) is 12.7 Å². The molecule has 192 valence electrons. The second-order valence-electron chi connectivity index (χ2n) is 8.24. The van der Waals surface area contributed by atoms with Crippen LogP contribution in [0.15, 0.2) is 79.4 Å². The van der Waals surface area contributed by atoms with Crippen LogP contribution < -0.4 is 10.6 Å². The monoisotopic (exact) mass is 519 g/mol. The van der Waals surface area contributed by atoms with E-state index in [0.29, 0.717) is 17.0 Å². The first kappa shape index (κ1) is 24.7. The molecule has 0 spiro atoms. The Balaban J connectivity index is 1.41. The van der Waals surface area contributed by atoms with Crippen molar-refractivity contribution in [1.29, 1.82) is 0 Å². The fourth-order valence-electron chi connectivity index (χ4n) is 3.96. The number of nitrogens with zero attached hydrogens (tertiary/aromatic N) is 5. The molecule has 4 heterocycles. The summed E-state index contributed by atoms with van der Waals surface area (Å²) in [6, 6.07) is 13.2. The van der Waals surface area contributed by atoms with E-state index in [2.05, 4.69) is 25.7 Å². The number of halogens is 3. The average Bonchev–Trinajstić information content (AvgIpc) is 3.56. The van der Waals surface area contributed by atoms with Gasteiger partial charge in [-0.25, -0.2) is 9.67 Å². The number of amides is 2. The van der Waals surface area contributed by atoms with Crippen LogP contribution in [0.3, 0.4) is 0 Å². The van der Waals surface area contributed by atoms with E-state index >= 15 is 0 Å². The van der Waals surface area contributed by atoms with E-state index in [1.54, 1.807) is 42.7 Å². The van der Waals surface area contributed by atoms with Gasteiger partial charge in [0.2, 0.25) is 0 Å². The number of fused-ring (bicyclic) bond motifs is 1. The minimum absolute atomic E-state index is 0.0644. The highest BCUT2D eigenvalue weighted by Gasteiger charge is 2.30. The predicted molar refractivity (Wildman–Crippen MR) is 132 cm³/mol. The first-order chi connectivity index (χ1) is 18.3. The van der Waals surface area contributed by atoms with Crippen LogP contribution in [0.25, 0.3) is 22.7 Å². The molecule has 5 rings (SSSR count). The fourth-order valence-corrected chi connectivity index (χ4v) is 3.96. The molecule has 0 atom stereocenters. The highest BCUT2D eigenvalue weighted by atomic mass is 19.4. The molecular formula is C26H20F3N7O2. The molecule has 0 saturated heterocycles. The molecular weight excluding hydrogens is 499 g/mol. The van der Waals surface area contributed by atoms with Gasteiger partial charge in [-0.1, -0.05) is 12.1 Å². The largest absolute Gasteiger partial charge is 0.416 e. The van der Waals surface area contributed by atoms with Gasteiger partial charge in [-0.3, -0.25) is 19.0 Å². The Kier molecular flexibility index (Phi) is 6.37. The third-order valence-electron chi connectivity index (χ3n) is 5.77. The summed E-state index contributed by atoms with van der Waals surface area (Å²) in [5, 5.41) is 9.49. The Bertz CT molecular complexity index is 1640. The summed E-state index contributed by atoms with van der Waals surface area (Å²) in [4.78, 5) is 34.7. The fraction of sp³-hybridized carbons (Fsp3) is 0.115. The van der Waals surface area contributed by atoms with Gasteiger partial charge in [-0.05, 0) is 42.5 Å². The molecule has 0 bridgehead atoms. The average molecular weight is 519 g/mol. The third-order valence-corrected chi connectivity index (χ3v) is 5.77. The van der Waals surface area contributed by atoms with Crippen LogP contribution in [-0.4, -0.2) is 43.0 Å². The van der Waals surface area contributed by atoms with Crippen molar-refractivity contribution < 1.29 is 22.8 Å². The highest BCUT2D eigenvalue weighted by molar-refractivity contribution is 6.03. The Hall–Kier alpha value is -5.00. The van der Waals surface area contributed by atoms with E-state index in [1.165, 1.54) is 40.7 Å². The molecule has 2 N–H and O–H groups in total. The molecule has 0 aliphatic heterocycles. The standard InChI is InChI=1S/C26H20F3N7O2/c1-30-25(38)22-21(20-9-2-3-10-31-20)34-23-19(8-5-11-35(22)23)24(37)32-13-16-14-33-36(15-16)18-7-4-6-17(12-18)26(27,28)29/h2-12,14-15H,13H2,1H3,(H,30,38)(H,32,37). The first-order valence-corrected chi connectivity index (χ1v) is 11.4. The summed E-state index contributed by atoms with van der Waals surface area (Å²) in [5.41, 5.74) is 1.56. The summed E-state index contributed by atoms with van der Waals surface area (Å²) in [5.74, 6) is -0.846. The molecule has 0 unspecified atom stereocenters. The van der Waals surface area contributed by atoms with Crippen molar-refractivity contribution in [2.24, 2.45) is 0 Å². The summed E-state index contributed by atoms with van der Waals surface area (Å²) in [6.07, 6.45) is 1.74. The number of carbonyl (C=O) groups excluding carboxylic acids is 2. The zero-order chi connectivity index (χ0) is 26.9. The quantitative estimate of drug-likeness (QED) is 0.354. The van der Waals surface area contributed by atoms with Crippen LogP contribution in [0.1, 0.15) is 32.0 Å². The SMILES string of the molecule is CNC(=O)c1c(-c2ccccn2)nc2c(C(=O)NCc3cnn(-c4cccc(C(F)(F)F)c4)c3)cccn12. The molecule has 0 saturated carbocycles. The number of carbonyl (C=O) groups is 2. The maximum absolute atomic E-state index is 13.1. The van der Waals surface area contributed by atoms with E-state index in [4.69, 9.17) is 0 Å². The minimum Gasteiger partial charge on any atom is -0.354 e. The summed E-state index contributed by atoms with van der Waals surface area (Å²) in [7, 11) is 1.50. The number of nitrogens with one attached hydrogen (secondary N) is 2. The maximum atomic E-state index is 13.1. The van der Waals surface area contributed by atoms with E-state index in [0.717, 1.165) is 12.1 Å². The van der Waals surface area contributed by atoms with Gasteiger partial charge in [0.1, 0.15) is 11.4 Å². The lowest BCUT2D eigenvalue weighted by molar-refractivity contribution is -0.137. The number of imidazole rings is 1. The summed E-state index contributed by atoms with van der Waals surface area (Å²) < 4.78 is 42.0. The lowest BCUT2D eigenvalue weighted by Crippen LogP contribution is -2.24. The van der Waals surface area contributed by atoms with E-state index in [1.807, 2.05) is 0 Å². The van der Waals surface area contributed by atoms with Crippen LogP contribution in [0.2, 0.25) is 0 Å². The number of rotatable bonds is 6. The van der Waals surface area contributed by atoms with Crippen molar-refractivity contribution in [1.82, 2.24) is 34.8 Å². The minimum atomic E-state index is -4.47. The zero-order valence-corrected chi connectivity index (χ0v) is 19.9. The van der Waals surface area contributed by atoms with Crippen LogP contribution >= 0.6 is 0 Å². The van der Waals surface area contributed by atoms with E-state index < -0.39 is 23.6 Å². The van der Waals surface area contributed by atoms with Gasteiger partial charge in [0, 0.05) is 37.7 Å². The summed E-state index contributed by atoms with van der Waals surface area (Å²) >= 11 is 0. The van der Waals surface area contributed by atoms with Crippen molar-refractivity contribution in [2.75, 3.05) is 7.05 Å². The number of aromatic nitrogens is 5. The predicted octanol–water partition coefficient (Wildman–Crippen LogP) is 3.89. The van der Waals surface area contributed by atoms with Gasteiger partial charge < -0.3 is 10.6 Å². The molecule has 9 nitrogen and oxygen atoms in total. The van der Waals surface area contributed by atoms with Crippen LogP contribution in [-0.2, 0) is 12.7 Å². The van der Waals surface area contributed by atoms with Crippen LogP contribution in [0.4, 0.5) is 13.2 Å². The molecule has 12 heteroatoms. The van der Waals surface area contributed by atoms with Gasteiger partial charge in [0.25, 0.3) is 11.8 Å². The number of pyridine rings is 2. The lowest BCUT2D eigenvalue weighted by Gasteiger charge is -2.08. The van der Waals surface area contributed by atoms with Gasteiger partial charge in [0.05, 0.1) is 28.7 Å². The highest BCUT2D eigenvalue weighted by Crippen LogP contribution is 2.30. The lowest BCUT2D eigenvalue weighted by atomic mass is 10.2. The van der Waals surface area contributed by atoms with Crippen LogP contribution in [0.5, 0.6) is 0 Å². The Morgan fingerprint density at radius 3 is 2.61 bits per heavy atom. The van der Waals surface area contributed by atoms with Gasteiger partial charge >= 0.3 is 6.18 Å². The second kappa shape index (κ2) is 9.81. The molecule has 38 heavy (non-hydrogen) atoms. The maximum Gasteiger partial charge on any atom is 0.416 e. The molecule has 1 aromatic carbocycles. The second-order valence-corrected chi connectivity index (χ2v) is 8.24. The number of hydrogen-bond acceptors (Lipinski definition) is 5. The molecule has 0 radical (unpaired) electrons. The zero-order valence-electron chi connectivity index (χ0n) is 19.9. The summed E-state index contributed by atoms with van der Waals surface area (Å²) in [6.45, 7) is 0.0644. The molecule has 5 aromatic rings. The number of hydrogen-bond donors (Lipinski definition) is 2. The van der Waals surface area contributed by atoms with Gasteiger partial charge in [-0.15, -0.1) is 0 Å². The van der Waals surface area contributed by atoms with E-state index in [-0.39, 0.29) is 29.1 Å². The smallest absolute Gasteiger partial charge is 0.354 e. The normalized spacial score (nSPS) is 11.5. The Morgan fingerprint density at radius 2 is 1.87 bits per heavy atom. The van der Waals surface area contributed by atoms with Gasteiger partial charge in [-0.2, -0.15) is 18.3 Å². The Labute approximate surface area is 214 Å². The molecule has 0 aliphatic rings. The van der Waals surface area contributed by atoms with Gasteiger partial charge in [0.15, 0.2) is 5.65 Å². The Morgan fingerprint density at radius 1 is 1.03 bits per heavy atom. The first-order valence-electron chi connectivity index (χ1n) is 11.4. The van der Waals surface area contributed by atoms with Crippen molar-refractivity contribution in [3.8, 4) is 17.1 Å². The molecule has 4 aromatic heterocycles. The topological polar surface area (TPSA) is 106 Å². The molecule has 2 amide bonds. The van der Waals surface area contributed by atoms with E-state index in [9.17, 15) is 22.8 Å². The van der Waals surface area contributed by atoms with Crippen molar-refractivity contribution in [3.05, 3.63) is 102 Å². The third kappa shape index (κ3) is 4.71. The molecule has 0 aliphatic carbocycles. The van der Waals surface area contributed by atoms with Crippen molar-refractivity contribution in [3.63, 3.8) is 0 Å². The van der Waals surface area contributed by atoms with Crippen molar-refractivity contribution >= 4 is 17.5 Å². The molecule has 0 fully saturated rings. The van der Waals surface area contributed by atoms with Crippen LogP contribution in [0, 0.1) is 0 Å². The number of benzene rings is 1. The number of alkyl halides is 3.